The number of carbonyl (C=O) groups is 2. The van der Waals surface area contributed by atoms with Gasteiger partial charge in [-0.05, 0) is 30.0 Å². The van der Waals surface area contributed by atoms with Crippen molar-refractivity contribution in [1.29, 1.82) is 0 Å². The van der Waals surface area contributed by atoms with Crippen molar-refractivity contribution in [2.24, 2.45) is 0 Å². The van der Waals surface area contributed by atoms with E-state index in [9.17, 15) is 19.8 Å². The fourth-order valence-electron chi connectivity index (χ4n) is 2.44. The van der Waals surface area contributed by atoms with E-state index in [2.05, 4.69) is 0 Å². The minimum absolute atomic E-state index is 0.0224. The van der Waals surface area contributed by atoms with Gasteiger partial charge in [0.1, 0.15) is 0 Å². The summed E-state index contributed by atoms with van der Waals surface area (Å²) in [5.41, 5.74) is 1.33. The van der Waals surface area contributed by atoms with Crippen molar-refractivity contribution in [3.8, 4) is 0 Å². The summed E-state index contributed by atoms with van der Waals surface area (Å²) < 4.78 is 0. The predicted molar refractivity (Wildman–Crippen MR) is 92.2 cm³/mol. The van der Waals surface area contributed by atoms with Crippen LogP contribution in [0.25, 0.3) is 0 Å². The Hall–Kier alpha value is -2.59. The summed E-state index contributed by atoms with van der Waals surface area (Å²) in [6, 6.07) is 16.2. The van der Waals surface area contributed by atoms with Gasteiger partial charge in [-0.1, -0.05) is 60.1 Å². The lowest BCUT2D eigenvalue weighted by molar-refractivity contribution is -0.136. The number of benzene rings is 2. The number of halogens is 1. The van der Waals surface area contributed by atoms with Crippen LogP contribution in [0.4, 0.5) is 0 Å². The van der Waals surface area contributed by atoms with Gasteiger partial charge in [-0.25, -0.2) is 9.59 Å². The molecule has 2 aromatic carbocycles. The zero-order valence-corrected chi connectivity index (χ0v) is 13.7. The molecular weight excluding hydrogens is 328 g/mol. The van der Waals surface area contributed by atoms with Crippen molar-refractivity contribution < 1.29 is 19.8 Å². The lowest BCUT2D eigenvalue weighted by atomic mass is 9.95. The Kier molecular flexibility index (Phi) is 6.15. The second-order valence-corrected chi connectivity index (χ2v) is 5.73. The molecule has 2 N–H and O–H groups in total. The van der Waals surface area contributed by atoms with E-state index >= 15 is 0 Å². The monoisotopic (exact) mass is 344 g/mol. The fraction of sp³-hybridized carbons (Fsp3) is 0.158. The van der Waals surface area contributed by atoms with Crippen molar-refractivity contribution in [2.45, 2.75) is 19.3 Å². The highest BCUT2D eigenvalue weighted by atomic mass is 35.5. The van der Waals surface area contributed by atoms with Crippen molar-refractivity contribution in [3.63, 3.8) is 0 Å². The molecule has 0 amide bonds. The van der Waals surface area contributed by atoms with E-state index in [1.54, 1.807) is 24.3 Å². The third-order valence-corrected chi connectivity index (χ3v) is 4.08. The molecule has 2 rings (SSSR count). The molecule has 0 unspecified atom stereocenters. The molecule has 24 heavy (non-hydrogen) atoms. The molecule has 0 aromatic heterocycles. The van der Waals surface area contributed by atoms with Gasteiger partial charge in [0.25, 0.3) is 0 Å². The van der Waals surface area contributed by atoms with Gasteiger partial charge in [-0.3, -0.25) is 0 Å². The summed E-state index contributed by atoms with van der Waals surface area (Å²) in [6.45, 7) is 0. The molecule has 0 aliphatic rings. The van der Waals surface area contributed by atoms with E-state index in [4.69, 9.17) is 11.6 Å². The van der Waals surface area contributed by atoms with Crippen LogP contribution in [0.2, 0.25) is 5.02 Å². The normalized spacial score (nSPS) is 11.7. The van der Waals surface area contributed by atoms with Crippen LogP contribution in [0.1, 0.15) is 17.5 Å². The molecule has 0 saturated carbocycles. The van der Waals surface area contributed by atoms with E-state index in [1.807, 2.05) is 30.3 Å². The number of carboxylic acids is 2. The van der Waals surface area contributed by atoms with Gasteiger partial charge in [0.2, 0.25) is 0 Å². The SMILES string of the molecule is O=C(O)/C(CCc1ccccc1)=C(\Cc1ccccc1Cl)C(=O)O. The first-order chi connectivity index (χ1) is 11.5. The number of hydrogen-bond donors (Lipinski definition) is 2. The van der Waals surface area contributed by atoms with Crippen LogP contribution in [0.3, 0.4) is 0 Å². The second-order valence-electron chi connectivity index (χ2n) is 5.32. The fourth-order valence-corrected chi connectivity index (χ4v) is 2.65. The Balaban J connectivity index is 2.31. The lowest BCUT2D eigenvalue weighted by Crippen LogP contribution is -2.14. The van der Waals surface area contributed by atoms with Gasteiger partial charge in [0.05, 0.1) is 5.57 Å². The van der Waals surface area contributed by atoms with Gasteiger partial charge < -0.3 is 10.2 Å². The summed E-state index contributed by atoms with van der Waals surface area (Å²) in [7, 11) is 0. The average Bonchev–Trinajstić information content (AvgIpc) is 2.56. The Morgan fingerprint density at radius 1 is 0.833 bits per heavy atom. The summed E-state index contributed by atoms with van der Waals surface area (Å²) in [5.74, 6) is -2.45. The topological polar surface area (TPSA) is 74.6 Å². The Labute approximate surface area is 145 Å². The third kappa shape index (κ3) is 4.70. The number of hydrogen-bond acceptors (Lipinski definition) is 2. The highest BCUT2D eigenvalue weighted by molar-refractivity contribution is 6.31. The molecule has 0 aliphatic carbocycles. The van der Waals surface area contributed by atoms with Crippen molar-refractivity contribution in [1.82, 2.24) is 0 Å². The van der Waals surface area contributed by atoms with Crippen LogP contribution >= 0.6 is 11.6 Å². The standard InChI is InChI=1S/C19H17ClO4/c20-17-9-5-4-8-14(17)12-16(19(23)24)15(18(21)22)11-10-13-6-2-1-3-7-13/h1-9H,10-12H2,(H,21,22)(H,23,24)/b16-15+. The first-order valence-electron chi connectivity index (χ1n) is 7.45. The van der Waals surface area contributed by atoms with E-state index in [0.29, 0.717) is 17.0 Å². The molecule has 0 atom stereocenters. The van der Waals surface area contributed by atoms with Crippen LogP contribution in [0, 0.1) is 0 Å². The first kappa shape index (κ1) is 17.8. The summed E-state index contributed by atoms with van der Waals surface area (Å²) in [5, 5.41) is 19.4. The van der Waals surface area contributed by atoms with E-state index in [0.717, 1.165) is 5.56 Å². The molecule has 124 valence electrons. The van der Waals surface area contributed by atoms with Crippen molar-refractivity contribution in [3.05, 3.63) is 81.9 Å². The quantitative estimate of drug-likeness (QED) is 0.745. The summed E-state index contributed by atoms with van der Waals surface area (Å²) >= 11 is 6.07. The smallest absolute Gasteiger partial charge is 0.332 e. The molecule has 4 nitrogen and oxygen atoms in total. The van der Waals surface area contributed by atoms with Crippen molar-refractivity contribution in [2.75, 3.05) is 0 Å². The molecule has 0 aliphatic heterocycles. The molecule has 0 heterocycles. The number of aliphatic carboxylic acids is 2. The number of aryl methyl sites for hydroxylation is 1. The minimum Gasteiger partial charge on any atom is -0.478 e. The maximum Gasteiger partial charge on any atom is 0.332 e. The number of carboxylic acid groups (broad SMARTS) is 2. The van der Waals surface area contributed by atoms with Crippen LogP contribution in [0.15, 0.2) is 65.7 Å². The maximum absolute atomic E-state index is 11.6. The molecular formula is C19H17ClO4. The van der Waals surface area contributed by atoms with Crippen LogP contribution in [0.5, 0.6) is 0 Å². The third-order valence-electron chi connectivity index (χ3n) is 3.71. The summed E-state index contributed by atoms with van der Waals surface area (Å²) in [6.07, 6.45) is 0.582. The zero-order valence-electron chi connectivity index (χ0n) is 12.9. The highest BCUT2D eigenvalue weighted by Gasteiger charge is 2.21. The average molecular weight is 345 g/mol. The molecule has 0 bridgehead atoms. The molecule has 0 spiro atoms. The Morgan fingerprint density at radius 2 is 1.42 bits per heavy atom. The lowest BCUT2D eigenvalue weighted by Gasteiger charge is -2.10. The molecule has 0 saturated heterocycles. The molecule has 2 aromatic rings. The molecule has 5 heteroatoms. The van der Waals surface area contributed by atoms with Crippen LogP contribution in [-0.2, 0) is 22.4 Å². The minimum atomic E-state index is -1.24. The number of rotatable bonds is 7. The van der Waals surface area contributed by atoms with Gasteiger partial charge in [0, 0.05) is 17.0 Å². The summed E-state index contributed by atoms with van der Waals surface area (Å²) in [4.78, 5) is 23.2. The zero-order chi connectivity index (χ0) is 17.5. The highest BCUT2D eigenvalue weighted by Crippen LogP contribution is 2.23. The van der Waals surface area contributed by atoms with Gasteiger partial charge in [-0.2, -0.15) is 0 Å². The molecule has 0 radical (unpaired) electrons. The Bertz CT molecular complexity index is 766. The maximum atomic E-state index is 11.6. The predicted octanol–water partition coefficient (Wildman–Crippen LogP) is 3.98. The van der Waals surface area contributed by atoms with Gasteiger partial charge in [0.15, 0.2) is 0 Å². The first-order valence-corrected chi connectivity index (χ1v) is 7.82. The Morgan fingerprint density at radius 3 is 2.00 bits per heavy atom. The van der Waals surface area contributed by atoms with Crippen LogP contribution in [-0.4, -0.2) is 22.2 Å². The molecule has 0 fully saturated rings. The second kappa shape index (κ2) is 8.31. The van der Waals surface area contributed by atoms with E-state index in [-0.39, 0.29) is 24.0 Å². The van der Waals surface area contributed by atoms with Gasteiger partial charge in [-0.15, -0.1) is 0 Å². The van der Waals surface area contributed by atoms with Gasteiger partial charge >= 0.3 is 11.9 Å². The van der Waals surface area contributed by atoms with Crippen molar-refractivity contribution >= 4 is 23.5 Å². The largest absolute Gasteiger partial charge is 0.478 e. The van der Waals surface area contributed by atoms with Crippen LogP contribution < -0.4 is 0 Å². The van der Waals surface area contributed by atoms with E-state index < -0.39 is 11.9 Å². The van der Waals surface area contributed by atoms with E-state index in [1.165, 1.54) is 0 Å².